The van der Waals surface area contributed by atoms with Gasteiger partial charge >= 0.3 is 0 Å². The third kappa shape index (κ3) is 3.86. The molecule has 0 radical (unpaired) electrons. The Kier molecular flexibility index (Phi) is 5.13. The van der Waals surface area contributed by atoms with Crippen molar-refractivity contribution < 1.29 is 9.84 Å². The van der Waals surface area contributed by atoms with E-state index in [1.807, 2.05) is 30.3 Å². The summed E-state index contributed by atoms with van der Waals surface area (Å²) in [4.78, 5) is 0. The van der Waals surface area contributed by atoms with Gasteiger partial charge in [-0.2, -0.15) is 0 Å². The van der Waals surface area contributed by atoms with Crippen molar-refractivity contribution in [2.75, 3.05) is 12.4 Å². The van der Waals surface area contributed by atoms with Crippen LogP contribution in [-0.2, 0) is 6.54 Å². The molecule has 6 heteroatoms. The van der Waals surface area contributed by atoms with Gasteiger partial charge in [0, 0.05) is 18.2 Å². The molecule has 136 valence electrons. The van der Waals surface area contributed by atoms with Crippen LogP contribution in [0.25, 0.3) is 10.8 Å². The van der Waals surface area contributed by atoms with E-state index in [1.165, 1.54) is 18.2 Å². The number of thioether (sulfide) groups is 1. The summed E-state index contributed by atoms with van der Waals surface area (Å²) in [6.45, 7) is 3.24. The average molecular weight is 369 g/mol. The number of ether oxygens (including phenoxy) is 1. The Morgan fingerprint density at radius 2 is 2.00 bits per heavy atom. The molecule has 0 unspecified atom stereocenters. The molecular formula is C20H23N3O2S. The van der Waals surface area contributed by atoms with Crippen LogP contribution in [0.15, 0.2) is 47.6 Å². The highest BCUT2D eigenvalue weighted by atomic mass is 32.2. The van der Waals surface area contributed by atoms with Gasteiger partial charge in [-0.05, 0) is 42.7 Å². The van der Waals surface area contributed by atoms with Crippen molar-refractivity contribution in [2.24, 2.45) is 0 Å². The van der Waals surface area contributed by atoms with Crippen LogP contribution in [0.3, 0.4) is 0 Å². The van der Waals surface area contributed by atoms with Gasteiger partial charge in [-0.15, -0.1) is 10.2 Å². The molecule has 2 aromatic carbocycles. The quantitative estimate of drug-likeness (QED) is 0.611. The van der Waals surface area contributed by atoms with Crippen molar-refractivity contribution in [3.05, 3.63) is 48.3 Å². The molecule has 1 saturated carbocycles. The second kappa shape index (κ2) is 7.68. The number of benzene rings is 2. The van der Waals surface area contributed by atoms with Crippen LogP contribution in [0.4, 0.5) is 0 Å². The van der Waals surface area contributed by atoms with Crippen LogP contribution in [0, 0.1) is 0 Å². The summed E-state index contributed by atoms with van der Waals surface area (Å²) in [6.07, 6.45) is 1.87. The number of hydrogen-bond donors (Lipinski definition) is 1. The monoisotopic (exact) mass is 369 g/mol. The van der Waals surface area contributed by atoms with Crippen LogP contribution < -0.4 is 4.74 Å². The predicted octanol–water partition coefficient (Wildman–Crippen LogP) is 3.86. The summed E-state index contributed by atoms with van der Waals surface area (Å²) < 4.78 is 7.93. The van der Waals surface area contributed by atoms with E-state index in [0.717, 1.165) is 28.7 Å². The first kappa shape index (κ1) is 17.4. The summed E-state index contributed by atoms with van der Waals surface area (Å²) in [6, 6.07) is 14.1. The molecule has 5 nitrogen and oxygen atoms in total. The lowest BCUT2D eigenvalue weighted by atomic mass is 10.1. The zero-order valence-electron chi connectivity index (χ0n) is 14.8. The highest BCUT2D eigenvalue weighted by Gasteiger charge is 2.30. The molecule has 0 aliphatic heterocycles. The molecule has 26 heavy (non-hydrogen) atoms. The van der Waals surface area contributed by atoms with E-state index in [4.69, 9.17) is 4.74 Å². The smallest absolute Gasteiger partial charge is 0.191 e. The van der Waals surface area contributed by atoms with Gasteiger partial charge in [-0.25, -0.2) is 0 Å². The molecule has 1 aromatic heterocycles. The number of hydrogen-bond acceptors (Lipinski definition) is 5. The molecule has 1 aliphatic carbocycles. The van der Waals surface area contributed by atoms with Crippen molar-refractivity contribution in [1.29, 1.82) is 0 Å². The summed E-state index contributed by atoms with van der Waals surface area (Å²) >= 11 is 1.54. The van der Waals surface area contributed by atoms with Crippen molar-refractivity contribution in [1.82, 2.24) is 14.8 Å². The fourth-order valence-electron chi connectivity index (χ4n) is 3.02. The normalized spacial score (nSPS) is 15.3. The van der Waals surface area contributed by atoms with Crippen molar-refractivity contribution in [2.45, 2.75) is 43.5 Å². The minimum atomic E-state index is -0.558. The molecule has 1 fully saturated rings. The third-order valence-corrected chi connectivity index (χ3v) is 5.68. The predicted molar refractivity (Wildman–Crippen MR) is 104 cm³/mol. The van der Waals surface area contributed by atoms with Gasteiger partial charge in [0.05, 0.1) is 6.10 Å². The number of aliphatic hydroxyl groups is 1. The summed E-state index contributed by atoms with van der Waals surface area (Å²) in [7, 11) is 0. The number of aliphatic hydroxyl groups excluding tert-OH is 1. The first-order valence-electron chi connectivity index (χ1n) is 9.10. The van der Waals surface area contributed by atoms with Crippen LogP contribution in [0.2, 0.25) is 0 Å². The van der Waals surface area contributed by atoms with Crippen LogP contribution in [0.5, 0.6) is 5.75 Å². The number of aromatic nitrogens is 3. The maximum atomic E-state index is 10.3. The van der Waals surface area contributed by atoms with Crippen LogP contribution in [0.1, 0.15) is 31.5 Å². The van der Waals surface area contributed by atoms with Gasteiger partial charge < -0.3 is 14.4 Å². The molecule has 1 N–H and O–H groups in total. The van der Waals surface area contributed by atoms with E-state index in [9.17, 15) is 5.11 Å². The van der Waals surface area contributed by atoms with Crippen molar-refractivity contribution in [3.8, 4) is 5.75 Å². The number of fused-ring (bicyclic) bond motifs is 1. The summed E-state index contributed by atoms with van der Waals surface area (Å²) in [5, 5.41) is 22.1. The zero-order valence-corrected chi connectivity index (χ0v) is 15.7. The standard InChI is InChI=1S/C20H23N3O2S/c1-2-23-19(15-7-8-15)21-22-20(23)26-13-17(24)12-25-18-10-9-14-5-3-4-6-16(14)11-18/h3-6,9-11,15,17,24H,2,7-8,12-13H2,1H3/t17-/m1/s1. The second-order valence-corrected chi connectivity index (χ2v) is 7.63. The Labute approximate surface area is 157 Å². The first-order chi connectivity index (χ1) is 12.7. The molecule has 0 saturated heterocycles. The van der Waals surface area contributed by atoms with Gasteiger partial charge in [-0.1, -0.05) is 42.1 Å². The van der Waals surface area contributed by atoms with E-state index in [1.54, 1.807) is 11.8 Å². The van der Waals surface area contributed by atoms with Gasteiger partial charge in [-0.3, -0.25) is 0 Å². The maximum absolute atomic E-state index is 10.3. The van der Waals surface area contributed by atoms with E-state index >= 15 is 0 Å². The molecular weight excluding hydrogens is 346 g/mol. The maximum Gasteiger partial charge on any atom is 0.191 e. The van der Waals surface area contributed by atoms with Gasteiger partial charge in [0.15, 0.2) is 5.16 Å². The summed E-state index contributed by atoms with van der Waals surface area (Å²) in [5.74, 6) is 2.99. The lowest BCUT2D eigenvalue weighted by Gasteiger charge is -2.13. The Morgan fingerprint density at radius 3 is 2.77 bits per heavy atom. The fraction of sp³-hybridized carbons (Fsp3) is 0.400. The number of rotatable bonds is 8. The highest BCUT2D eigenvalue weighted by molar-refractivity contribution is 7.99. The van der Waals surface area contributed by atoms with Gasteiger partial charge in [0.2, 0.25) is 0 Å². The molecule has 3 aromatic rings. The molecule has 1 atom stereocenters. The molecule has 0 amide bonds. The molecule has 0 spiro atoms. The van der Waals surface area contributed by atoms with Crippen molar-refractivity contribution >= 4 is 22.5 Å². The SMILES string of the molecule is CCn1c(SC[C@H](O)COc2ccc3ccccc3c2)nnc1C1CC1. The lowest BCUT2D eigenvalue weighted by Crippen LogP contribution is -2.20. The Morgan fingerprint density at radius 1 is 1.19 bits per heavy atom. The van der Waals surface area contributed by atoms with E-state index in [2.05, 4.69) is 33.8 Å². The lowest BCUT2D eigenvalue weighted by molar-refractivity contribution is 0.126. The topological polar surface area (TPSA) is 60.2 Å². The summed E-state index contributed by atoms with van der Waals surface area (Å²) in [5.41, 5.74) is 0. The Bertz CT molecular complexity index is 892. The average Bonchev–Trinajstić information content (AvgIpc) is 3.44. The molecule has 1 aliphatic rings. The van der Waals surface area contributed by atoms with Crippen molar-refractivity contribution in [3.63, 3.8) is 0 Å². The first-order valence-corrected chi connectivity index (χ1v) is 10.1. The van der Waals surface area contributed by atoms with E-state index < -0.39 is 6.10 Å². The molecule has 4 rings (SSSR count). The van der Waals surface area contributed by atoms with Gasteiger partial charge in [0.25, 0.3) is 0 Å². The Balaban J connectivity index is 1.31. The minimum Gasteiger partial charge on any atom is -0.491 e. The third-order valence-electron chi connectivity index (χ3n) is 4.57. The second-order valence-electron chi connectivity index (χ2n) is 6.64. The van der Waals surface area contributed by atoms with Crippen LogP contribution in [-0.4, -0.2) is 38.3 Å². The molecule has 1 heterocycles. The van der Waals surface area contributed by atoms with E-state index in [0.29, 0.717) is 11.7 Å². The minimum absolute atomic E-state index is 0.265. The molecule has 0 bridgehead atoms. The van der Waals surface area contributed by atoms with Gasteiger partial charge in [0.1, 0.15) is 18.2 Å². The zero-order chi connectivity index (χ0) is 17.9. The Hall–Kier alpha value is -2.05. The van der Waals surface area contributed by atoms with E-state index in [-0.39, 0.29) is 6.61 Å². The highest BCUT2D eigenvalue weighted by Crippen LogP contribution is 2.40. The fourth-order valence-corrected chi connectivity index (χ4v) is 3.93. The van der Waals surface area contributed by atoms with Crippen LogP contribution >= 0.6 is 11.8 Å². The largest absolute Gasteiger partial charge is 0.491 e. The number of nitrogens with zero attached hydrogens (tertiary/aromatic N) is 3.